The van der Waals surface area contributed by atoms with Gasteiger partial charge in [-0.25, -0.2) is 0 Å². The summed E-state index contributed by atoms with van der Waals surface area (Å²) in [6.45, 7) is 5.60. The molecule has 1 aliphatic carbocycles. The number of hydrogen-bond donors (Lipinski definition) is 1. The van der Waals surface area contributed by atoms with E-state index in [-0.39, 0.29) is 0 Å². The van der Waals surface area contributed by atoms with Gasteiger partial charge in [-0.3, -0.25) is 4.90 Å². The summed E-state index contributed by atoms with van der Waals surface area (Å²) >= 11 is 0. The van der Waals surface area contributed by atoms with Gasteiger partial charge in [0.1, 0.15) is 0 Å². The molecule has 0 unspecified atom stereocenters. The van der Waals surface area contributed by atoms with Crippen LogP contribution in [0.4, 0.5) is 0 Å². The van der Waals surface area contributed by atoms with Gasteiger partial charge in [-0.05, 0) is 44.0 Å². The molecule has 1 aliphatic rings. The van der Waals surface area contributed by atoms with Gasteiger partial charge in [-0.1, -0.05) is 31.2 Å². The maximum atomic E-state index is 3.26. The van der Waals surface area contributed by atoms with Gasteiger partial charge >= 0.3 is 0 Å². The second-order valence-electron chi connectivity index (χ2n) is 5.00. The molecule has 1 aromatic rings. The molecule has 2 heteroatoms. The van der Waals surface area contributed by atoms with E-state index in [1.165, 1.54) is 36.9 Å². The summed E-state index contributed by atoms with van der Waals surface area (Å²) in [6.07, 6.45) is 4.05. The Morgan fingerprint density at radius 2 is 1.94 bits per heavy atom. The van der Waals surface area contributed by atoms with Crippen molar-refractivity contribution in [3.05, 3.63) is 35.4 Å². The second-order valence-corrected chi connectivity index (χ2v) is 5.00. The summed E-state index contributed by atoms with van der Waals surface area (Å²) in [5, 5.41) is 3.26. The summed E-state index contributed by atoms with van der Waals surface area (Å²) in [7, 11) is 2.02. The monoisotopic (exact) mass is 232 g/mol. The lowest BCUT2D eigenvalue weighted by atomic mass is 10.1. The van der Waals surface area contributed by atoms with Crippen molar-refractivity contribution < 1.29 is 0 Å². The Morgan fingerprint density at radius 3 is 2.53 bits per heavy atom. The molecule has 1 N–H and O–H groups in total. The van der Waals surface area contributed by atoms with Crippen molar-refractivity contribution in [1.29, 1.82) is 0 Å². The molecule has 0 amide bonds. The van der Waals surface area contributed by atoms with Crippen LogP contribution in [0.3, 0.4) is 0 Å². The molecule has 1 fully saturated rings. The third-order valence-electron chi connectivity index (χ3n) is 3.43. The Hall–Kier alpha value is -0.860. The number of hydrogen-bond acceptors (Lipinski definition) is 2. The van der Waals surface area contributed by atoms with Crippen LogP contribution in [-0.2, 0) is 13.1 Å². The predicted molar refractivity (Wildman–Crippen MR) is 72.9 cm³/mol. The number of nitrogens with zero attached hydrogens (tertiary/aromatic N) is 1. The van der Waals surface area contributed by atoms with E-state index in [9.17, 15) is 0 Å². The summed E-state index contributed by atoms with van der Waals surface area (Å²) in [6, 6.07) is 9.67. The fourth-order valence-corrected chi connectivity index (χ4v) is 2.41. The first-order chi connectivity index (χ1) is 8.35. The van der Waals surface area contributed by atoms with Crippen LogP contribution in [0.15, 0.2) is 24.3 Å². The van der Waals surface area contributed by atoms with Crippen molar-refractivity contribution in [2.45, 2.75) is 45.3 Å². The smallest absolute Gasteiger partial charge is 0.0239 e. The van der Waals surface area contributed by atoms with Crippen molar-refractivity contribution >= 4 is 0 Å². The summed E-state index contributed by atoms with van der Waals surface area (Å²) < 4.78 is 0. The average molecular weight is 232 g/mol. The second kappa shape index (κ2) is 6.18. The Morgan fingerprint density at radius 1 is 1.24 bits per heavy atom. The molecule has 0 spiro atoms. The lowest BCUT2D eigenvalue weighted by Crippen LogP contribution is -2.27. The van der Waals surface area contributed by atoms with Crippen molar-refractivity contribution in [1.82, 2.24) is 10.2 Å². The highest BCUT2D eigenvalue weighted by atomic mass is 15.2. The molecule has 0 aromatic heterocycles. The molecule has 0 saturated heterocycles. The van der Waals surface area contributed by atoms with E-state index in [4.69, 9.17) is 0 Å². The number of nitrogens with one attached hydrogen (secondary N) is 1. The molecule has 2 rings (SSSR count). The van der Waals surface area contributed by atoms with Crippen molar-refractivity contribution in [3.8, 4) is 0 Å². The maximum Gasteiger partial charge on any atom is 0.0239 e. The van der Waals surface area contributed by atoms with E-state index < -0.39 is 0 Å². The summed E-state index contributed by atoms with van der Waals surface area (Å²) in [5.74, 6) is 0. The normalized spacial score (nSPS) is 15.5. The Bertz CT molecular complexity index is 345. The highest BCUT2D eigenvalue weighted by molar-refractivity contribution is 5.27. The molecular formula is C15H24N2. The molecule has 0 aliphatic heterocycles. The Balaban J connectivity index is 2.04. The van der Waals surface area contributed by atoms with Gasteiger partial charge in [0.25, 0.3) is 0 Å². The van der Waals surface area contributed by atoms with Crippen molar-refractivity contribution in [2.75, 3.05) is 13.6 Å². The van der Waals surface area contributed by atoms with Crippen LogP contribution < -0.4 is 5.32 Å². The number of benzene rings is 1. The third kappa shape index (κ3) is 3.55. The van der Waals surface area contributed by atoms with Crippen LogP contribution in [0.1, 0.15) is 37.3 Å². The fourth-order valence-electron chi connectivity index (χ4n) is 2.41. The molecule has 1 saturated carbocycles. The van der Waals surface area contributed by atoms with E-state index >= 15 is 0 Å². The van der Waals surface area contributed by atoms with E-state index in [2.05, 4.69) is 41.4 Å². The number of rotatable bonds is 7. The van der Waals surface area contributed by atoms with Gasteiger partial charge in [-0.2, -0.15) is 0 Å². The van der Waals surface area contributed by atoms with Gasteiger partial charge in [0.2, 0.25) is 0 Å². The molecular weight excluding hydrogens is 208 g/mol. The predicted octanol–water partition coefficient (Wildman–Crippen LogP) is 2.78. The van der Waals surface area contributed by atoms with Gasteiger partial charge in [0.05, 0.1) is 0 Å². The van der Waals surface area contributed by atoms with Gasteiger partial charge in [0, 0.05) is 19.1 Å². The Labute approximate surface area is 105 Å². The molecule has 0 atom stereocenters. The quantitative estimate of drug-likeness (QED) is 0.777. The molecule has 94 valence electrons. The van der Waals surface area contributed by atoms with Crippen molar-refractivity contribution in [2.24, 2.45) is 0 Å². The molecule has 0 bridgehead atoms. The van der Waals surface area contributed by atoms with E-state index in [1.54, 1.807) is 0 Å². The zero-order valence-electron chi connectivity index (χ0n) is 11.1. The highest BCUT2D eigenvalue weighted by Gasteiger charge is 2.28. The topological polar surface area (TPSA) is 15.3 Å². The third-order valence-corrected chi connectivity index (χ3v) is 3.43. The molecule has 0 radical (unpaired) electrons. The van der Waals surface area contributed by atoms with E-state index in [0.29, 0.717) is 0 Å². The van der Waals surface area contributed by atoms with E-state index in [1.807, 2.05) is 7.05 Å². The molecule has 17 heavy (non-hydrogen) atoms. The minimum absolute atomic E-state index is 0.859. The van der Waals surface area contributed by atoms with Crippen LogP contribution in [0.25, 0.3) is 0 Å². The first-order valence-electron chi connectivity index (χ1n) is 6.80. The SMILES string of the molecule is CCCN(Cc1ccccc1CNC)C1CC1. The Kier molecular flexibility index (Phi) is 4.57. The lowest BCUT2D eigenvalue weighted by molar-refractivity contribution is 0.254. The zero-order valence-corrected chi connectivity index (χ0v) is 11.1. The maximum absolute atomic E-state index is 3.26. The summed E-state index contributed by atoms with van der Waals surface area (Å²) in [4.78, 5) is 2.65. The van der Waals surface area contributed by atoms with Crippen LogP contribution >= 0.6 is 0 Å². The average Bonchev–Trinajstić information content (AvgIpc) is 3.15. The largest absolute Gasteiger partial charge is 0.316 e. The van der Waals surface area contributed by atoms with Gasteiger partial charge in [0.15, 0.2) is 0 Å². The van der Waals surface area contributed by atoms with Crippen LogP contribution in [0.5, 0.6) is 0 Å². The summed E-state index contributed by atoms with van der Waals surface area (Å²) in [5.41, 5.74) is 2.93. The zero-order chi connectivity index (χ0) is 12.1. The van der Waals surface area contributed by atoms with Crippen LogP contribution in [0, 0.1) is 0 Å². The van der Waals surface area contributed by atoms with E-state index in [0.717, 1.165) is 19.1 Å². The minimum atomic E-state index is 0.859. The van der Waals surface area contributed by atoms with Gasteiger partial charge < -0.3 is 5.32 Å². The molecule has 2 nitrogen and oxygen atoms in total. The first kappa shape index (κ1) is 12.6. The highest BCUT2D eigenvalue weighted by Crippen LogP contribution is 2.28. The standard InChI is InChI=1S/C15H24N2/c1-3-10-17(15-8-9-15)12-14-7-5-4-6-13(14)11-16-2/h4-7,15-16H,3,8-12H2,1-2H3. The van der Waals surface area contributed by atoms with Crippen LogP contribution in [0.2, 0.25) is 0 Å². The fraction of sp³-hybridized carbons (Fsp3) is 0.600. The van der Waals surface area contributed by atoms with Gasteiger partial charge in [-0.15, -0.1) is 0 Å². The van der Waals surface area contributed by atoms with Crippen LogP contribution in [-0.4, -0.2) is 24.5 Å². The lowest BCUT2D eigenvalue weighted by Gasteiger charge is -2.22. The minimum Gasteiger partial charge on any atom is -0.316 e. The molecule has 1 aromatic carbocycles. The first-order valence-corrected chi connectivity index (χ1v) is 6.80. The molecule has 0 heterocycles. The van der Waals surface area contributed by atoms with Crippen molar-refractivity contribution in [3.63, 3.8) is 0 Å².